The van der Waals surface area contributed by atoms with Gasteiger partial charge in [0.05, 0.1) is 12.7 Å². The number of aromatic hydroxyl groups is 1. The molecule has 2 unspecified atom stereocenters. The van der Waals surface area contributed by atoms with Crippen LogP contribution in [-0.2, 0) is 0 Å². The molecule has 1 aliphatic rings. The Morgan fingerprint density at radius 3 is 2.89 bits per heavy atom. The van der Waals surface area contributed by atoms with E-state index in [0.29, 0.717) is 5.75 Å². The number of nitrogens with two attached hydrogens (primary N) is 1. The number of methoxy groups -OCH3 is 1. The van der Waals surface area contributed by atoms with E-state index in [9.17, 15) is 9.90 Å². The number of carbonyl (C=O) groups is 1. The van der Waals surface area contributed by atoms with Crippen LogP contribution in [0.4, 0.5) is 0 Å². The summed E-state index contributed by atoms with van der Waals surface area (Å²) in [6, 6.07) is 4.56. The van der Waals surface area contributed by atoms with Crippen molar-refractivity contribution in [3.05, 3.63) is 23.8 Å². The maximum Gasteiger partial charge on any atom is 0.255 e. The van der Waals surface area contributed by atoms with Crippen LogP contribution in [0.1, 0.15) is 29.6 Å². The van der Waals surface area contributed by atoms with E-state index in [1.165, 1.54) is 19.2 Å². The summed E-state index contributed by atoms with van der Waals surface area (Å²) in [6.07, 6.45) is 2.84. The fourth-order valence-corrected chi connectivity index (χ4v) is 2.24. The number of amides is 1. The molecule has 18 heavy (non-hydrogen) atoms. The number of ether oxygens (including phenoxy) is 1. The van der Waals surface area contributed by atoms with Crippen molar-refractivity contribution >= 4 is 5.91 Å². The van der Waals surface area contributed by atoms with Crippen LogP contribution in [0.2, 0.25) is 0 Å². The van der Waals surface area contributed by atoms with Crippen molar-refractivity contribution < 1.29 is 14.6 Å². The van der Waals surface area contributed by atoms with Crippen molar-refractivity contribution in [3.63, 3.8) is 0 Å². The molecule has 2 atom stereocenters. The van der Waals surface area contributed by atoms with Gasteiger partial charge in [0.2, 0.25) is 0 Å². The van der Waals surface area contributed by atoms with Crippen LogP contribution in [0.5, 0.6) is 11.5 Å². The highest BCUT2D eigenvalue weighted by atomic mass is 16.5. The maximum atomic E-state index is 12.1. The molecule has 5 heteroatoms. The highest BCUT2D eigenvalue weighted by molar-refractivity contribution is 5.97. The Labute approximate surface area is 106 Å². The van der Waals surface area contributed by atoms with E-state index in [-0.39, 0.29) is 29.3 Å². The molecule has 0 bridgehead atoms. The van der Waals surface area contributed by atoms with Gasteiger partial charge in [-0.15, -0.1) is 0 Å². The molecule has 98 valence electrons. The predicted octanol–water partition coefficient (Wildman–Crippen LogP) is 1.01. The quantitative estimate of drug-likeness (QED) is 0.747. The number of hydrogen-bond acceptors (Lipinski definition) is 4. The van der Waals surface area contributed by atoms with E-state index in [1.54, 1.807) is 6.07 Å². The molecule has 1 saturated carbocycles. The molecule has 1 aliphatic carbocycles. The van der Waals surface area contributed by atoms with Gasteiger partial charge in [0, 0.05) is 12.1 Å². The molecular formula is C13H18N2O3. The van der Waals surface area contributed by atoms with Gasteiger partial charge in [-0.2, -0.15) is 0 Å². The highest BCUT2D eigenvalue weighted by Crippen LogP contribution is 2.24. The molecule has 1 aromatic carbocycles. The minimum Gasteiger partial charge on any atom is -0.507 e. The Balaban J connectivity index is 2.12. The number of nitrogens with one attached hydrogen (secondary N) is 1. The average molecular weight is 250 g/mol. The van der Waals surface area contributed by atoms with Crippen LogP contribution in [0.25, 0.3) is 0 Å². The van der Waals surface area contributed by atoms with Crippen molar-refractivity contribution in [2.45, 2.75) is 31.3 Å². The smallest absolute Gasteiger partial charge is 0.255 e. The maximum absolute atomic E-state index is 12.1. The van der Waals surface area contributed by atoms with E-state index >= 15 is 0 Å². The van der Waals surface area contributed by atoms with Gasteiger partial charge in [-0.3, -0.25) is 4.79 Å². The van der Waals surface area contributed by atoms with Crippen LogP contribution in [0.3, 0.4) is 0 Å². The second kappa shape index (κ2) is 5.27. The topological polar surface area (TPSA) is 84.6 Å². The molecule has 0 radical (unpaired) electrons. The van der Waals surface area contributed by atoms with Crippen LogP contribution >= 0.6 is 0 Å². The van der Waals surface area contributed by atoms with Crippen molar-refractivity contribution in [1.82, 2.24) is 5.32 Å². The van der Waals surface area contributed by atoms with E-state index < -0.39 is 0 Å². The molecule has 0 heterocycles. The summed E-state index contributed by atoms with van der Waals surface area (Å²) < 4.78 is 5.04. The van der Waals surface area contributed by atoms with Gasteiger partial charge in [-0.25, -0.2) is 0 Å². The monoisotopic (exact) mass is 250 g/mol. The molecule has 1 amide bonds. The first-order valence-corrected chi connectivity index (χ1v) is 6.05. The molecular weight excluding hydrogens is 232 g/mol. The Morgan fingerprint density at radius 1 is 1.50 bits per heavy atom. The Hall–Kier alpha value is -1.75. The van der Waals surface area contributed by atoms with Crippen molar-refractivity contribution in [3.8, 4) is 11.5 Å². The second-order valence-electron chi connectivity index (χ2n) is 4.56. The lowest BCUT2D eigenvalue weighted by Crippen LogP contribution is -2.43. The predicted molar refractivity (Wildman–Crippen MR) is 67.7 cm³/mol. The lowest BCUT2D eigenvalue weighted by Gasteiger charge is -2.17. The zero-order valence-corrected chi connectivity index (χ0v) is 10.3. The molecule has 0 aliphatic heterocycles. The summed E-state index contributed by atoms with van der Waals surface area (Å²) >= 11 is 0. The van der Waals surface area contributed by atoms with Crippen LogP contribution < -0.4 is 15.8 Å². The van der Waals surface area contributed by atoms with Crippen LogP contribution in [-0.4, -0.2) is 30.2 Å². The average Bonchev–Trinajstić information content (AvgIpc) is 2.75. The summed E-state index contributed by atoms with van der Waals surface area (Å²) in [4.78, 5) is 12.1. The lowest BCUT2D eigenvalue weighted by atomic mass is 10.1. The van der Waals surface area contributed by atoms with E-state index in [4.69, 9.17) is 10.5 Å². The van der Waals surface area contributed by atoms with Crippen LogP contribution in [0, 0.1) is 0 Å². The molecule has 4 N–H and O–H groups in total. The molecule has 0 aromatic heterocycles. The minimum atomic E-state index is -0.311. The first kappa shape index (κ1) is 12.7. The van der Waals surface area contributed by atoms with Gasteiger partial charge in [-0.1, -0.05) is 0 Å². The third-order valence-corrected chi connectivity index (χ3v) is 3.33. The largest absolute Gasteiger partial charge is 0.507 e. The first-order valence-electron chi connectivity index (χ1n) is 6.05. The van der Waals surface area contributed by atoms with Crippen LogP contribution in [0.15, 0.2) is 18.2 Å². The molecule has 1 fully saturated rings. The zero-order valence-electron chi connectivity index (χ0n) is 10.3. The number of benzene rings is 1. The van der Waals surface area contributed by atoms with Gasteiger partial charge in [0.25, 0.3) is 5.91 Å². The fraction of sp³-hybridized carbons (Fsp3) is 0.462. The zero-order chi connectivity index (χ0) is 13.1. The number of phenolic OH excluding ortho intramolecular Hbond substituents is 1. The third-order valence-electron chi connectivity index (χ3n) is 3.33. The first-order chi connectivity index (χ1) is 8.61. The van der Waals surface area contributed by atoms with Crippen molar-refractivity contribution in [1.29, 1.82) is 0 Å². The number of rotatable bonds is 3. The summed E-state index contributed by atoms with van der Waals surface area (Å²) in [7, 11) is 1.51. The van der Waals surface area contributed by atoms with Gasteiger partial charge in [0.1, 0.15) is 11.5 Å². The standard InChI is InChI=1S/C13H18N2O3/c1-18-8-5-6-12(16)9(7-8)13(17)15-11-4-2-3-10(11)14/h5-7,10-11,16H,2-4,14H2,1H3,(H,15,17). The summed E-state index contributed by atoms with van der Waals surface area (Å²) in [6.45, 7) is 0. The molecule has 1 aromatic rings. The SMILES string of the molecule is COc1ccc(O)c(C(=O)NC2CCCC2N)c1. The highest BCUT2D eigenvalue weighted by Gasteiger charge is 2.26. The summed E-state index contributed by atoms with van der Waals surface area (Å²) in [5.41, 5.74) is 6.11. The number of phenols is 1. The molecule has 0 spiro atoms. The number of carbonyl (C=O) groups excluding carboxylic acids is 1. The normalized spacial score (nSPS) is 22.8. The minimum absolute atomic E-state index is 0.00157. The molecule has 2 rings (SSSR count). The van der Waals surface area contributed by atoms with Gasteiger partial charge in [-0.05, 0) is 37.5 Å². The van der Waals surface area contributed by atoms with Crippen molar-refractivity contribution in [2.75, 3.05) is 7.11 Å². The van der Waals surface area contributed by atoms with E-state index in [2.05, 4.69) is 5.32 Å². The Kier molecular flexibility index (Phi) is 3.72. The summed E-state index contributed by atoms with van der Waals surface area (Å²) in [5.74, 6) is 0.169. The second-order valence-corrected chi connectivity index (χ2v) is 4.56. The Morgan fingerprint density at radius 2 is 2.28 bits per heavy atom. The van der Waals surface area contributed by atoms with Gasteiger partial charge >= 0.3 is 0 Å². The van der Waals surface area contributed by atoms with E-state index in [1.807, 2.05) is 0 Å². The molecule has 0 saturated heterocycles. The third kappa shape index (κ3) is 2.56. The molecule has 5 nitrogen and oxygen atoms in total. The lowest BCUT2D eigenvalue weighted by molar-refractivity contribution is 0.0931. The Bertz CT molecular complexity index is 448. The fourth-order valence-electron chi connectivity index (χ4n) is 2.24. The summed E-state index contributed by atoms with van der Waals surface area (Å²) in [5, 5.41) is 12.6. The van der Waals surface area contributed by atoms with Gasteiger partial charge < -0.3 is 20.9 Å². The number of hydrogen-bond donors (Lipinski definition) is 3. The van der Waals surface area contributed by atoms with E-state index in [0.717, 1.165) is 19.3 Å². The van der Waals surface area contributed by atoms with Gasteiger partial charge in [0.15, 0.2) is 0 Å². The van der Waals surface area contributed by atoms with Crippen molar-refractivity contribution in [2.24, 2.45) is 5.73 Å².